The van der Waals surface area contributed by atoms with Crippen molar-refractivity contribution in [1.29, 1.82) is 0 Å². The van der Waals surface area contributed by atoms with E-state index in [-0.39, 0.29) is 6.10 Å². The summed E-state index contributed by atoms with van der Waals surface area (Å²) in [7, 11) is 3.40. The van der Waals surface area contributed by atoms with Crippen molar-refractivity contribution >= 4 is 0 Å². The molecule has 0 spiro atoms. The fraction of sp³-hybridized carbons (Fsp3) is 0.625. The molecular formula is C16H25NO3. The van der Waals surface area contributed by atoms with Gasteiger partial charge in [0.15, 0.2) is 0 Å². The van der Waals surface area contributed by atoms with Crippen molar-refractivity contribution in [3.63, 3.8) is 0 Å². The van der Waals surface area contributed by atoms with Gasteiger partial charge in [0.25, 0.3) is 0 Å². The van der Waals surface area contributed by atoms with Crippen LogP contribution >= 0.6 is 0 Å². The largest absolute Gasteiger partial charge is 0.496 e. The van der Waals surface area contributed by atoms with Gasteiger partial charge in [-0.2, -0.15) is 0 Å². The molecule has 20 heavy (non-hydrogen) atoms. The number of rotatable bonds is 5. The van der Waals surface area contributed by atoms with E-state index >= 15 is 0 Å². The van der Waals surface area contributed by atoms with Gasteiger partial charge in [0, 0.05) is 25.8 Å². The van der Waals surface area contributed by atoms with Crippen LogP contribution in [0.3, 0.4) is 0 Å². The van der Waals surface area contributed by atoms with Gasteiger partial charge in [0.1, 0.15) is 5.75 Å². The Morgan fingerprint density at radius 3 is 2.80 bits per heavy atom. The summed E-state index contributed by atoms with van der Waals surface area (Å²) in [5.74, 6) is 1.33. The van der Waals surface area contributed by atoms with E-state index in [4.69, 9.17) is 9.47 Å². The van der Waals surface area contributed by atoms with Gasteiger partial charge in [-0.05, 0) is 24.9 Å². The van der Waals surface area contributed by atoms with E-state index in [0.29, 0.717) is 12.5 Å². The van der Waals surface area contributed by atoms with Crippen molar-refractivity contribution in [2.75, 3.05) is 33.9 Å². The standard InChI is InChI=1S/C16H25NO3/c1-12-8-9-17(11-16(12)20-3)10-14(18)13-6-4-5-7-15(13)19-2/h4-7,12,14,16,18H,8-11H2,1-3H3. The lowest BCUT2D eigenvalue weighted by Crippen LogP contribution is -2.45. The number of ether oxygens (including phenoxy) is 2. The number of methoxy groups -OCH3 is 2. The molecule has 0 bridgehead atoms. The van der Waals surface area contributed by atoms with Gasteiger partial charge < -0.3 is 14.6 Å². The highest BCUT2D eigenvalue weighted by Gasteiger charge is 2.27. The lowest BCUT2D eigenvalue weighted by atomic mass is 9.95. The van der Waals surface area contributed by atoms with E-state index in [0.717, 1.165) is 30.8 Å². The summed E-state index contributed by atoms with van der Waals surface area (Å²) in [4.78, 5) is 2.27. The summed E-state index contributed by atoms with van der Waals surface area (Å²) < 4.78 is 10.8. The van der Waals surface area contributed by atoms with Crippen LogP contribution < -0.4 is 4.74 Å². The summed E-state index contributed by atoms with van der Waals surface area (Å²) >= 11 is 0. The Balaban J connectivity index is 1.99. The van der Waals surface area contributed by atoms with Crippen molar-refractivity contribution < 1.29 is 14.6 Å². The molecule has 2 rings (SSSR count). The van der Waals surface area contributed by atoms with E-state index < -0.39 is 6.10 Å². The minimum absolute atomic E-state index is 0.258. The first-order valence-electron chi connectivity index (χ1n) is 7.21. The summed E-state index contributed by atoms with van der Waals surface area (Å²) in [6.07, 6.45) is 0.836. The predicted octanol–water partition coefficient (Wildman–Crippen LogP) is 2.09. The second kappa shape index (κ2) is 7.07. The molecule has 1 aliphatic rings. The fourth-order valence-corrected chi connectivity index (χ4v) is 2.86. The van der Waals surface area contributed by atoms with Crippen molar-refractivity contribution in [3.05, 3.63) is 29.8 Å². The van der Waals surface area contributed by atoms with E-state index in [9.17, 15) is 5.11 Å². The zero-order valence-corrected chi connectivity index (χ0v) is 12.6. The van der Waals surface area contributed by atoms with Crippen LogP contribution in [0.4, 0.5) is 0 Å². The van der Waals surface area contributed by atoms with Crippen LogP contribution in [0.15, 0.2) is 24.3 Å². The Morgan fingerprint density at radius 1 is 1.35 bits per heavy atom. The van der Waals surface area contributed by atoms with Crippen LogP contribution in [-0.4, -0.2) is 50.0 Å². The molecule has 112 valence electrons. The number of piperidine rings is 1. The number of β-amino-alcohol motifs (C(OH)–C–C–N with tert-alkyl or cyclic N) is 1. The van der Waals surface area contributed by atoms with Gasteiger partial charge in [-0.3, -0.25) is 4.90 Å². The van der Waals surface area contributed by atoms with Crippen LogP contribution in [0.2, 0.25) is 0 Å². The number of benzene rings is 1. The zero-order valence-electron chi connectivity index (χ0n) is 12.6. The number of aliphatic hydroxyl groups is 1. The highest BCUT2D eigenvalue weighted by atomic mass is 16.5. The molecule has 0 saturated carbocycles. The number of hydrogen-bond acceptors (Lipinski definition) is 4. The first kappa shape index (κ1) is 15.3. The Labute approximate surface area is 121 Å². The van der Waals surface area contributed by atoms with Crippen molar-refractivity contribution in [1.82, 2.24) is 4.90 Å². The van der Waals surface area contributed by atoms with Crippen LogP contribution in [0.25, 0.3) is 0 Å². The molecule has 0 aromatic heterocycles. The van der Waals surface area contributed by atoms with E-state index in [1.807, 2.05) is 24.3 Å². The molecule has 4 nitrogen and oxygen atoms in total. The summed E-state index contributed by atoms with van der Waals surface area (Å²) in [6.45, 7) is 4.73. The molecule has 1 aliphatic heterocycles. The second-order valence-corrected chi connectivity index (χ2v) is 5.56. The number of hydrogen-bond donors (Lipinski definition) is 1. The molecule has 3 unspecified atom stereocenters. The molecule has 1 fully saturated rings. The molecule has 1 heterocycles. The number of likely N-dealkylation sites (tertiary alicyclic amines) is 1. The topological polar surface area (TPSA) is 41.9 Å². The van der Waals surface area contributed by atoms with Crippen molar-refractivity contribution in [2.24, 2.45) is 5.92 Å². The van der Waals surface area contributed by atoms with Crippen molar-refractivity contribution in [3.8, 4) is 5.75 Å². The Hall–Kier alpha value is -1.10. The average Bonchev–Trinajstić information content (AvgIpc) is 2.49. The van der Waals surface area contributed by atoms with Gasteiger partial charge >= 0.3 is 0 Å². The third-order valence-corrected chi connectivity index (χ3v) is 4.21. The van der Waals surface area contributed by atoms with E-state index in [1.165, 1.54) is 0 Å². The van der Waals surface area contributed by atoms with E-state index in [2.05, 4.69) is 11.8 Å². The van der Waals surface area contributed by atoms with Gasteiger partial charge in [0.2, 0.25) is 0 Å². The number of nitrogens with zero attached hydrogens (tertiary/aromatic N) is 1. The first-order valence-corrected chi connectivity index (χ1v) is 7.21. The monoisotopic (exact) mass is 279 g/mol. The molecule has 1 aromatic carbocycles. The summed E-state index contributed by atoms with van der Waals surface area (Å²) in [5.41, 5.74) is 0.850. The Kier molecular flexibility index (Phi) is 5.40. The molecule has 0 aliphatic carbocycles. The number of aliphatic hydroxyl groups excluding tert-OH is 1. The normalized spacial score (nSPS) is 25.4. The molecular weight excluding hydrogens is 254 g/mol. The molecule has 0 radical (unpaired) electrons. The summed E-state index contributed by atoms with van der Waals surface area (Å²) in [5, 5.41) is 10.4. The summed E-state index contributed by atoms with van der Waals surface area (Å²) in [6, 6.07) is 7.65. The van der Waals surface area contributed by atoms with Gasteiger partial charge in [-0.1, -0.05) is 25.1 Å². The van der Waals surface area contributed by atoms with Gasteiger partial charge in [0.05, 0.1) is 19.3 Å². The molecule has 4 heteroatoms. The quantitative estimate of drug-likeness (QED) is 0.896. The maximum atomic E-state index is 10.4. The van der Waals surface area contributed by atoms with Crippen LogP contribution in [0, 0.1) is 5.92 Å². The van der Waals surface area contributed by atoms with Crippen LogP contribution in [0.5, 0.6) is 5.75 Å². The maximum Gasteiger partial charge on any atom is 0.124 e. The molecule has 3 atom stereocenters. The lowest BCUT2D eigenvalue weighted by molar-refractivity contribution is -0.0182. The molecule has 0 amide bonds. The fourth-order valence-electron chi connectivity index (χ4n) is 2.86. The molecule has 1 aromatic rings. The molecule has 1 saturated heterocycles. The highest BCUT2D eigenvalue weighted by molar-refractivity contribution is 5.35. The third-order valence-electron chi connectivity index (χ3n) is 4.21. The van der Waals surface area contributed by atoms with Crippen molar-refractivity contribution in [2.45, 2.75) is 25.6 Å². The smallest absolute Gasteiger partial charge is 0.124 e. The second-order valence-electron chi connectivity index (χ2n) is 5.56. The Morgan fingerprint density at radius 2 is 2.10 bits per heavy atom. The number of para-hydroxylation sites is 1. The van der Waals surface area contributed by atoms with Gasteiger partial charge in [-0.25, -0.2) is 0 Å². The minimum atomic E-state index is -0.530. The van der Waals surface area contributed by atoms with Crippen LogP contribution in [-0.2, 0) is 4.74 Å². The lowest BCUT2D eigenvalue weighted by Gasteiger charge is -2.37. The van der Waals surface area contributed by atoms with Crippen LogP contribution in [0.1, 0.15) is 25.0 Å². The third kappa shape index (κ3) is 3.51. The highest BCUT2D eigenvalue weighted by Crippen LogP contribution is 2.27. The molecule has 1 N–H and O–H groups in total. The van der Waals surface area contributed by atoms with E-state index in [1.54, 1.807) is 14.2 Å². The predicted molar refractivity (Wildman–Crippen MR) is 79.0 cm³/mol. The Bertz CT molecular complexity index is 424. The SMILES string of the molecule is COc1ccccc1C(O)CN1CCC(C)C(OC)C1. The minimum Gasteiger partial charge on any atom is -0.496 e. The average molecular weight is 279 g/mol. The maximum absolute atomic E-state index is 10.4. The van der Waals surface area contributed by atoms with Gasteiger partial charge in [-0.15, -0.1) is 0 Å². The zero-order chi connectivity index (χ0) is 14.5. The first-order chi connectivity index (χ1) is 9.65.